The first-order chi connectivity index (χ1) is 7.83. The molecule has 0 aliphatic rings. The first kappa shape index (κ1) is 10.4. The van der Waals surface area contributed by atoms with E-state index in [-0.39, 0.29) is 0 Å². The van der Waals surface area contributed by atoms with Gasteiger partial charge in [0.05, 0.1) is 11.3 Å². The molecule has 0 spiro atoms. The molecule has 4 heteroatoms. The molecule has 2 heterocycles. The van der Waals surface area contributed by atoms with Crippen molar-refractivity contribution in [1.82, 2.24) is 4.98 Å². The molecule has 2 rings (SSSR count). The molecule has 0 saturated heterocycles. The van der Waals surface area contributed by atoms with Crippen molar-refractivity contribution in [2.75, 3.05) is 0 Å². The Morgan fingerprint density at radius 3 is 2.56 bits per heavy atom. The van der Waals surface area contributed by atoms with Crippen LogP contribution < -0.4 is 5.73 Å². The molecule has 3 nitrogen and oxygen atoms in total. The minimum atomic E-state index is 0.487. The summed E-state index contributed by atoms with van der Waals surface area (Å²) in [6.07, 6.45) is 3.29. The van der Waals surface area contributed by atoms with E-state index in [0.717, 1.165) is 11.1 Å². The molecule has 78 valence electrons. The van der Waals surface area contributed by atoms with Crippen molar-refractivity contribution in [1.29, 1.82) is 5.26 Å². The zero-order valence-corrected chi connectivity index (χ0v) is 9.24. The molecule has 0 unspecified atom stereocenters. The van der Waals surface area contributed by atoms with Crippen LogP contribution in [-0.4, -0.2) is 4.98 Å². The molecule has 0 saturated carbocycles. The largest absolute Gasteiger partial charge is 0.397 e. The van der Waals surface area contributed by atoms with E-state index in [2.05, 4.69) is 11.1 Å². The first-order valence-corrected chi connectivity index (χ1v) is 5.60. The van der Waals surface area contributed by atoms with Crippen LogP contribution >= 0.6 is 11.3 Å². The van der Waals surface area contributed by atoms with Gasteiger partial charge in [-0.15, -0.1) is 0 Å². The van der Waals surface area contributed by atoms with E-state index < -0.39 is 0 Å². The second kappa shape index (κ2) is 4.60. The molecule has 16 heavy (non-hydrogen) atoms. The van der Waals surface area contributed by atoms with Gasteiger partial charge >= 0.3 is 0 Å². The number of allylic oxidation sites excluding steroid dienone is 1. The van der Waals surface area contributed by atoms with Crippen LogP contribution in [0.5, 0.6) is 0 Å². The maximum Gasteiger partial charge on any atom is 0.102 e. The monoisotopic (exact) mass is 227 g/mol. The van der Waals surface area contributed by atoms with Gasteiger partial charge in [0.2, 0.25) is 0 Å². The summed E-state index contributed by atoms with van der Waals surface area (Å²) >= 11 is 1.56. The van der Waals surface area contributed by atoms with Crippen LogP contribution in [0.25, 0.3) is 11.3 Å². The van der Waals surface area contributed by atoms with Gasteiger partial charge in [-0.2, -0.15) is 16.6 Å². The molecular formula is C12H9N3S. The summed E-state index contributed by atoms with van der Waals surface area (Å²) in [4.78, 5) is 3.91. The molecule has 0 aromatic carbocycles. The molecule has 0 amide bonds. The highest BCUT2D eigenvalue weighted by molar-refractivity contribution is 7.08. The second-order valence-electron chi connectivity index (χ2n) is 3.15. The molecule has 2 aromatic rings. The summed E-state index contributed by atoms with van der Waals surface area (Å²) in [5.41, 5.74) is 8.65. The maximum atomic E-state index is 9.14. The molecule has 0 atom stereocenters. The van der Waals surface area contributed by atoms with Crippen molar-refractivity contribution in [2.24, 2.45) is 5.73 Å². The fourth-order valence-corrected chi connectivity index (χ4v) is 2.02. The van der Waals surface area contributed by atoms with Gasteiger partial charge < -0.3 is 5.73 Å². The van der Waals surface area contributed by atoms with E-state index >= 15 is 0 Å². The third-order valence-corrected chi connectivity index (χ3v) is 2.87. The highest BCUT2D eigenvalue weighted by Crippen LogP contribution is 2.22. The highest BCUT2D eigenvalue weighted by atomic mass is 32.1. The molecule has 0 radical (unpaired) electrons. The molecule has 0 aliphatic carbocycles. The number of nitrogens with two attached hydrogens (primary N) is 1. The Kier molecular flexibility index (Phi) is 2.99. The second-order valence-corrected chi connectivity index (χ2v) is 3.93. The average molecular weight is 227 g/mol. The maximum absolute atomic E-state index is 9.14. The van der Waals surface area contributed by atoms with Gasteiger partial charge in [0.25, 0.3) is 0 Å². The summed E-state index contributed by atoms with van der Waals surface area (Å²) in [5.74, 6) is 0. The van der Waals surface area contributed by atoms with Crippen molar-refractivity contribution in [2.45, 2.75) is 0 Å². The molecule has 0 fully saturated rings. The van der Waals surface area contributed by atoms with Crippen molar-refractivity contribution < 1.29 is 0 Å². The quantitative estimate of drug-likeness (QED) is 0.802. The van der Waals surface area contributed by atoms with Gasteiger partial charge in [0, 0.05) is 23.3 Å². The Labute approximate surface area is 97.5 Å². The number of hydrogen-bond donors (Lipinski definition) is 1. The normalized spacial score (nSPS) is 11.7. The van der Waals surface area contributed by atoms with Gasteiger partial charge in [-0.1, -0.05) is 0 Å². The molecule has 0 aliphatic heterocycles. The smallest absolute Gasteiger partial charge is 0.102 e. The SMILES string of the molecule is N#C/C(=C(/N)c1ccsc1)c1ccncc1. The third kappa shape index (κ3) is 1.95. The topological polar surface area (TPSA) is 62.7 Å². The van der Waals surface area contributed by atoms with Crippen LogP contribution in [0.15, 0.2) is 41.4 Å². The van der Waals surface area contributed by atoms with E-state index in [0.29, 0.717) is 11.3 Å². The van der Waals surface area contributed by atoms with E-state index in [4.69, 9.17) is 11.0 Å². The Balaban J connectivity index is 2.52. The zero-order chi connectivity index (χ0) is 11.4. The molecule has 0 bridgehead atoms. The first-order valence-electron chi connectivity index (χ1n) is 4.65. The number of aromatic nitrogens is 1. The number of rotatable bonds is 2. The van der Waals surface area contributed by atoms with Crippen LogP contribution in [0, 0.1) is 11.3 Å². The lowest BCUT2D eigenvalue weighted by Gasteiger charge is -2.03. The fraction of sp³-hybridized carbons (Fsp3) is 0. The lowest BCUT2D eigenvalue weighted by molar-refractivity contribution is 1.32. The summed E-state index contributed by atoms with van der Waals surface area (Å²) in [5, 5.41) is 13.0. The zero-order valence-electron chi connectivity index (χ0n) is 8.42. The van der Waals surface area contributed by atoms with Crippen molar-refractivity contribution >= 4 is 22.6 Å². The predicted molar refractivity (Wildman–Crippen MR) is 65.2 cm³/mol. The van der Waals surface area contributed by atoms with Gasteiger partial charge in [0.15, 0.2) is 0 Å². The van der Waals surface area contributed by atoms with Gasteiger partial charge in [-0.3, -0.25) is 4.98 Å². The van der Waals surface area contributed by atoms with E-state index in [9.17, 15) is 0 Å². The van der Waals surface area contributed by atoms with Crippen LogP contribution in [0.3, 0.4) is 0 Å². The number of thiophene rings is 1. The minimum absolute atomic E-state index is 0.487. The molecule has 2 N–H and O–H groups in total. The number of nitrogens with zero attached hydrogens (tertiary/aromatic N) is 2. The number of hydrogen-bond acceptors (Lipinski definition) is 4. The molecule has 2 aromatic heterocycles. The lowest BCUT2D eigenvalue weighted by atomic mass is 10.0. The van der Waals surface area contributed by atoms with Crippen LogP contribution in [0.4, 0.5) is 0 Å². The summed E-state index contributed by atoms with van der Waals surface area (Å²) < 4.78 is 0. The summed E-state index contributed by atoms with van der Waals surface area (Å²) in [6, 6.07) is 7.59. The van der Waals surface area contributed by atoms with Crippen LogP contribution in [-0.2, 0) is 0 Å². The van der Waals surface area contributed by atoms with E-state index in [1.54, 1.807) is 35.9 Å². The lowest BCUT2D eigenvalue weighted by Crippen LogP contribution is -1.99. The van der Waals surface area contributed by atoms with Crippen molar-refractivity contribution in [3.8, 4) is 6.07 Å². The van der Waals surface area contributed by atoms with Gasteiger partial charge in [-0.05, 0) is 29.1 Å². The third-order valence-electron chi connectivity index (χ3n) is 2.18. The van der Waals surface area contributed by atoms with Gasteiger partial charge in [0.1, 0.15) is 6.07 Å². The predicted octanol–water partition coefficient (Wildman–Crippen LogP) is 2.49. The average Bonchev–Trinajstić information content (AvgIpc) is 2.85. The number of nitriles is 1. The standard InChI is InChI=1S/C12H9N3S/c13-7-11(9-1-4-15-5-2-9)12(14)10-3-6-16-8-10/h1-6,8H,14H2/b12-11-. The molecular weight excluding hydrogens is 218 g/mol. The Hall–Kier alpha value is -2.12. The Morgan fingerprint density at radius 1 is 1.25 bits per heavy atom. The highest BCUT2D eigenvalue weighted by Gasteiger charge is 2.08. The van der Waals surface area contributed by atoms with E-state index in [1.165, 1.54) is 0 Å². The van der Waals surface area contributed by atoms with E-state index in [1.807, 2.05) is 16.8 Å². The van der Waals surface area contributed by atoms with Crippen molar-refractivity contribution in [3.05, 3.63) is 52.5 Å². The fourth-order valence-electron chi connectivity index (χ4n) is 1.36. The minimum Gasteiger partial charge on any atom is -0.397 e. The van der Waals surface area contributed by atoms with Crippen molar-refractivity contribution in [3.63, 3.8) is 0 Å². The van der Waals surface area contributed by atoms with Crippen LogP contribution in [0.1, 0.15) is 11.1 Å². The summed E-state index contributed by atoms with van der Waals surface area (Å²) in [7, 11) is 0. The number of pyridine rings is 1. The summed E-state index contributed by atoms with van der Waals surface area (Å²) in [6.45, 7) is 0. The van der Waals surface area contributed by atoms with Gasteiger partial charge in [-0.25, -0.2) is 0 Å². The van der Waals surface area contributed by atoms with Crippen LogP contribution in [0.2, 0.25) is 0 Å². The Morgan fingerprint density at radius 2 is 2.00 bits per heavy atom. The Bertz CT molecular complexity index is 535.